The van der Waals surface area contributed by atoms with Crippen molar-refractivity contribution in [2.24, 2.45) is 0 Å². The van der Waals surface area contributed by atoms with Gasteiger partial charge in [-0.25, -0.2) is 8.42 Å². The van der Waals surface area contributed by atoms with E-state index in [1.165, 1.54) is 6.07 Å². The van der Waals surface area contributed by atoms with Gasteiger partial charge in [-0.1, -0.05) is 6.07 Å². The lowest BCUT2D eigenvalue weighted by Gasteiger charge is -2.10. The summed E-state index contributed by atoms with van der Waals surface area (Å²) in [6.07, 6.45) is -4.55. The second kappa shape index (κ2) is 7.85. The van der Waals surface area contributed by atoms with Gasteiger partial charge < -0.3 is 5.32 Å². The molecule has 0 unspecified atom stereocenters. The largest absolute Gasteiger partial charge is 0.405 e. The number of carbonyl (C=O) groups excluding carboxylic acids is 2. The summed E-state index contributed by atoms with van der Waals surface area (Å²) >= 11 is 1.12. The Morgan fingerprint density at radius 2 is 1.69 bits per heavy atom. The highest BCUT2D eigenvalue weighted by Gasteiger charge is 2.28. The van der Waals surface area contributed by atoms with Gasteiger partial charge in [0.25, 0.3) is 21.8 Å². The zero-order valence-corrected chi connectivity index (χ0v) is 14.5. The third kappa shape index (κ3) is 5.54. The van der Waals surface area contributed by atoms with E-state index in [2.05, 4.69) is 0 Å². The standard InChI is InChI=1S/C14H12F3N3O4S2/c15-14(16,17)8-18-12(21)9-3-5-10(6-4-9)26(23,24)20-19-13(22)11-2-1-7-25-11/h1-7,20H,8H2,(H,18,21)(H,19,22). The molecular weight excluding hydrogens is 395 g/mol. The maximum absolute atomic E-state index is 12.1. The third-order valence-corrected chi connectivity index (χ3v) is 5.05. The van der Waals surface area contributed by atoms with Crippen LogP contribution in [0.25, 0.3) is 0 Å². The number of halogens is 3. The van der Waals surface area contributed by atoms with Crippen LogP contribution in [-0.2, 0) is 10.0 Å². The van der Waals surface area contributed by atoms with Crippen molar-refractivity contribution in [1.82, 2.24) is 15.6 Å². The Labute approximate surface area is 150 Å². The predicted octanol–water partition coefficient (Wildman–Crippen LogP) is 1.66. The first-order chi connectivity index (χ1) is 12.1. The van der Waals surface area contributed by atoms with Crippen LogP contribution in [-0.4, -0.2) is 33.0 Å². The van der Waals surface area contributed by atoms with E-state index in [1.807, 2.05) is 10.3 Å². The third-order valence-electron chi connectivity index (χ3n) is 2.92. The summed E-state index contributed by atoms with van der Waals surface area (Å²) < 4.78 is 60.3. The molecule has 0 spiro atoms. The van der Waals surface area contributed by atoms with Crippen LogP contribution in [0.1, 0.15) is 20.0 Å². The number of hydrazine groups is 1. The fourth-order valence-corrected chi connectivity index (χ4v) is 3.17. The molecular formula is C14H12F3N3O4S2. The topological polar surface area (TPSA) is 104 Å². The summed E-state index contributed by atoms with van der Waals surface area (Å²) in [6.45, 7) is -1.50. The summed E-state index contributed by atoms with van der Waals surface area (Å²) in [5.41, 5.74) is 1.88. The molecule has 1 heterocycles. The number of thiophene rings is 1. The minimum absolute atomic E-state index is 0.143. The summed E-state index contributed by atoms with van der Waals surface area (Å²) in [5.74, 6) is -1.64. The van der Waals surface area contributed by atoms with E-state index in [9.17, 15) is 31.2 Å². The Kier molecular flexibility index (Phi) is 6.00. The maximum atomic E-state index is 12.1. The van der Waals surface area contributed by atoms with Crippen LogP contribution < -0.4 is 15.6 Å². The molecule has 0 radical (unpaired) electrons. The molecule has 1 aromatic carbocycles. The first kappa shape index (κ1) is 19.9. The molecule has 2 rings (SSSR count). The van der Waals surface area contributed by atoms with Gasteiger partial charge in [-0.3, -0.25) is 15.0 Å². The lowest BCUT2D eigenvalue weighted by atomic mass is 10.2. The first-order valence-corrected chi connectivity index (χ1v) is 9.25. The van der Waals surface area contributed by atoms with Crippen molar-refractivity contribution in [2.75, 3.05) is 6.54 Å². The van der Waals surface area contributed by atoms with Crippen molar-refractivity contribution >= 4 is 33.2 Å². The number of alkyl halides is 3. The molecule has 2 amide bonds. The molecule has 7 nitrogen and oxygen atoms in total. The van der Waals surface area contributed by atoms with Gasteiger partial charge in [0.2, 0.25) is 0 Å². The van der Waals surface area contributed by atoms with Crippen molar-refractivity contribution in [2.45, 2.75) is 11.1 Å². The average molecular weight is 407 g/mol. The Balaban J connectivity index is 1.99. The number of rotatable bonds is 6. The number of hydrogen-bond donors (Lipinski definition) is 3. The number of carbonyl (C=O) groups is 2. The number of amides is 2. The van der Waals surface area contributed by atoms with Gasteiger partial charge >= 0.3 is 6.18 Å². The number of nitrogens with one attached hydrogen (secondary N) is 3. The molecule has 0 bridgehead atoms. The molecule has 26 heavy (non-hydrogen) atoms. The SMILES string of the molecule is O=C(NCC(F)(F)F)c1ccc(S(=O)(=O)NNC(=O)c2cccs2)cc1. The first-order valence-electron chi connectivity index (χ1n) is 6.89. The van der Waals surface area contributed by atoms with Gasteiger partial charge in [-0.05, 0) is 35.7 Å². The van der Waals surface area contributed by atoms with Crippen LogP contribution in [0, 0.1) is 0 Å². The van der Waals surface area contributed by atoms with Crippen molar-refractivity contribution in [3.05, 3.63) is 52.2 Å². The van der Waals surface area contributed by atoms with E-state index in [0.717, 1.165) is 35.6 Å². The van der Waals surface area contributed by atoms with Crippen molar-refractivity contribution in [1.29, 1.82) is 0 Å². The van der Waals surface area contributed by atoms with Gasteiger partial charge in [-0.15, -0.1) is 16.2 Å². The zero-order valence-electron chi connectivity index (χ0n) is 12.8. The molecule has 0 saturated heterocycles. The van der Waals surface area contributed by atoms with Crippen LogP contribution in [0.4, 0.5) is 13.2 Å². The number of sulfonamides is 1. The summed E-state index contributed by atoms with van der Waals surface area (Å²) in [7, 11) is -4.11. The second-order valence-corrected chi connectivity index (χ2v) is 7.49. The molecule has 0 aliphatic rings. The highest BCUT2D eigenvalue weighted by Crippen LogP contribution is 2.14. The van der Waals surface area contributed by atoms with Gasteiger partial charge in [0, 0.05) is 5.56 Å². The normalized spacial score (nSPS) is 11.8. The van der Waals surface area contributed by atoms with Gasteiger partial charge in [0.15, 0.2) is 0 Å². The van der Waals surface area contributed by atoms with E-state index < -0.39 is 34.6 Å². The highest BCUT2D eigenvalue weighted by molar-refractivity contribution is 7.89. The molecule has 3 N–H and O–H groups in total. The van der Waals surface area contributed by atoms with E-state index >= 15 is 0 Å². The van der Waals surface area contributed by atoms with Gasteiger partial charge in [-0.2, -0.15) is 13.2 Å². The van der Waals surface area contributed by atoms with Gasteiger partial charge in [0.1, 0.15) is 6.54 Å². The zero-order chi connectivity index (χ0) is 19.4. The van der Waals surface area contributed by atoms with Crippen LogP contribution in [0.2, 0.25) is 0 Å². The Bertz CT molecular complexity index is 879. The van der Waals surface area contributed by atoms with E-state index in [4.69, 9.17) is 0 Å². The van der Waals surface area contributed by atoms with Crippen LogP contribution in [0.3, 0.4) is 0 Å². The van der Waals surface area contributed by atoms with Gasteiger partial charge in [0.05, 0.1) is 9.77 Å². The van der Waals surface area contributed by atoms with Crippen LogP contribution >= 0.6 is 11.3 Å². The second-order valence-electron chi connectivity index (χ2n) is 4.86. The molecule has 0 fully saturated rings. The summed E-state index contributed by atoms with van der Waals surface area (Å²) in [5, 5.41) is 3.31. The fourth-order valence-electron chi connectivity index (χ4n) is 1.71. The minimum atomic E-state index is -4.55. The maximum Gasteiger partial charge on any atom is 0.405 e. The van der Waals surface area contributed by atoms with Crippen LogP contribution in [0.15, 0.2) is 46.7 Å². The molecule has 12 heteroatoms. The Morgan fingerprint density at radius 3 is 2.23 bits per heavy atom. The van der Waals surface area contributed by atoms with Crippen molar-refractivity contribution in [3.8, 4) is 0 Å². The van der Waals surface area contributed by atoms with E-state index in [1.54, 1.807) is 16.8 Å². The molecule has 1 aromatic heterocycles. The molecule has 0 aliphatic heterocycles. The van der Waals surface area contributed by atoms with E-state index in [0.29, 0.717) is 4.88 Å². The van der Waals surface area contributed by atoms with Crippen LogP contribution in [0.5, 0.6) is 0 Å². The minimum Gasteiger partial charge on any atom is -0.343 e. The predicted molar refractivity (Wildman–Crippen MR) is 86.9 cm³/mol. The number of benzene rings is 1. The molecule has 2 aromatic rings. The molecule has 140 valence electrons. The fraction of sp³-hybridized carbons (Fsp3) is 0.143. The lowest BCUT2D eigenvalue weighted by molar-refractivity contribution is -0.123. The van der Waals surface area contributed by atoms with Crippen molar-refractivity contribution < 1.29 is 31.2 Å². The van der Waals surface area contributed by atoms with E-state index in [-0.39, 0.29) is 10.5 Å². The highest BCUT2D eigenvalue weighted by atomic mass is 32.2. The quantitative estimate of drug-likeness (QED) is 0.634. The monoisotopic (exact) mass is 407 g/mol. The average Bonchev–Trinajstić information content (AvgIpc) is 3.12. The summed E-state index contributed by atoms with van der Waals surface area (Å²) in [6, 6.07) is 7.30. The molecule has 0 saturated carbocycles. The van der Waals surface area contributed by atoms with Crippen molar-refractivity contribution in [3.63, 3.8) is 0 Å². The Hall–Kier alpha value is -2.44. The molecule has 0 atom stereocenters. The molecule has 0 aliphatic carbocycles. The lowest BCUT2D eigenvalue weighted by Crippen LogP contribution is -2.41. The summed E-state index contributed by atoms with van der Waals surface area (Å²) in [4.78, 5) is 25.2. The number of hydrogen-bond acceptors (Lipinski definition) is 5. The Morgan fingerprint density at radius 1 is 1.04 bits per heavy atom. The smallest absolute Gasteiger partial charge is 0.343 e.